The molecule has 0 radical (unpaired) electrons. The molecule has 0 saturated carbocycles. The quantitative estimate of drug-likeness (QED) is 0.293. The largest absolute Gasteiger partial charge is 0.507 e. The molecule has 2 aliphatic rings. The summed E-state index contributed by atoms with van der Waals surface area (Å²) < 4.78 is 10.5. The maximum absolute atomic E-state index is 13.2. The van der Waals surface area contributed by atoms with Gasteiger partial charge in [0.1, 0.15) is 46.8 Å². The second-order valence-corrected chi connectivity index (χ2v) is 10.1. The topological polar surface area (TPSA) is 185 Å². The molecule has 2 aliphatic heterocycles. The Labute approximate surface area is 236 Å². The number of phenolic OH excluding ortho intramolecular Hbond substituents is 1. The van der Waals surface area contributed by atoms with Crippen LogP contribution in [0.25, 0.3) is 0 Å². The van der Waals surface area contributed by atoms with E-state index in [2.05, 4.69) is 36.2 Å². The van der Waals surface area contributed by atoms with Crippen LogP contribution in [-0.4, -0.2) is 57.2 Å². The minimum absolute atomic E-state index is 0.0456. The van der Waals surface area contributed by atoms with Gasteiger partial charge in [0, 0.05) is 6.42 Å². The first-order chi connectivity index (χ1) is 19.5. The molecule has 3 atom stereocenters. The molecule has 4 bridgehead atoms. The normalized spacial score (nSPS) is 19.8. The van der Waals surface area contributed by atoms with Crippen molar-refractivity contribution in [1.82, 2.24) is 31.6 Å². The van der Waals surface area contributed by atoms with Crippen LogP contribution in [0.5, 0.6) is 17.2 Å². The molecule has 5 N–H and O–H groups in total. The lowest BCUT2D eigenvalue weighted by Gasteiger charge is -2.25. The molecule has 3 aromatic rings. The van der Waals surface area contributed by atoms with Gasteiger partial charge in [-0.1, -0.05) is 36.3 Å². The van der Waals surface area contributed by atoms with Crippen LogP contribution in [0.4, 0.5) is 0 Å². The predicted octanol–water partition coefficient (Wildman–Crippen LogP) is 1.49. The van der Waals surface area contributed by atoms with Crippen LogP contribution >= 0.6 is 0 Å². The van der Waals surface area contributed by atoms with Gasteiger partial charge in [0.05, 0.1) is 12.1 Å². The monoisotopic (exact) mass is 564 g/mol. The number of aromatic hydroxyl groups is 1. The van der Waals surface area contributed by atoms with Gasteiger partial charge >= 0.3 is 0 Å². The summed E-state index contributed by atoms with van der Waals surface area (Å²) >= 11 is 0. The number of carbonyl (C=O) groups is 4. The molecular weight excluding hydrogens is 532 g/mol. The van der Waals surface area contributed by atoms with Gasteiger partial charge in [-0.3, -0.25) is 19.2 Å². The molecule has 0 spiro atoms. The van der Waals surface area contributed by atoms with Gasteiger partial charge in [-0.05, 0) is 55.7 Å². The van der Waals surface area contributed by atoms with Crippen LogP contribution in [-0.2, 0) is 27.3 Å². The number of aryl methyl sites for hydroxylation is 1. The third-order valence-corrected chi connectivity index (χ3v) is 6.61. The summed E-state index contributed by atoms with van der Waals surface area (Å²) in [5.41, 5.74) is 1.63. The van der Waals surface area contributed by atoms with E-state index < -0.39 is 41.8 Å². The summed E-state index contributed by atoms with van der Waals surface area (Å²) in [4.78, 5) is 52.5. The summed E-state index contributed by atoms with van der Waals surface area (Å²) in [5.74, 6) is -2.27. The number of fused-ring (bicyclic) bond motifs is 11. The van der Waals surface area contributed by atoms with Crippen molar-refractivity contribution in [3.05, 3.63) is 65.0 Å². The van der Waals surface area contributed by atoms with Crippen LogP contribution < -0.4 is 26.0 Å². The molecule has 5 rings (SSSR count). The molecule has 13 heteroatoms. The summed E-state index contributed by atoms with van der Waals surface area (Å²) in [6.07, 6.45) is 0.141. The first-order valence-electron chi connectivity index (χ1n) is 13.1. The number of ether oxygens (including phenoxy) is 1. The van der Waals surface area contributed by atoms with Crippen molar-refractivity contribution in [2.45, 2.75) is 58.8 Å². The molecule has 4 amide bonds. The van der Waals surface area contributed by atoms with Gasteiger partial charge in [0.15, 0.2) is 0 Å². The molecule has 0 aliphatic carbocycles. The number of carbonyl (C=O) groups excluding carboxylic acids is 4. The summed E-state index contributed by atoms with van der Waals surface area (Å²) in [6.45, 7) is 6.68. The molecule has 1 aromatic heterocycles. The van der Waals surface area contributed by atoms with Crippen molar-refractivity contribution < 1.29 is 33.7 Å². The molecule has 13 nitrogen and oxygen atoms in total. The minimum Gasteiger partial charge on any atom is -0.507 e. The van der Waals surface area contributed by atoms with E-state index in [9.17, 15) is 24.3 Å². The molecule has 0 fully saturated rings. The molecule has 41 heavy (non-hydrogen) atoms. The van der Waals surface area contributed by atoms with E-state index >= 15 is 0 Å². The van der Waals surface area contributed by atoms with Gasteiger partial charge in [0.2, 0.25) is 17.7 Å². The standard InChI is InChI=1S/C28H32N6O7/c1-14(2)24-28(39)30-16(4)25(36)31-21(27(38)29-13-22-15(3)33-41-34-22)11-17-5-7-18(8-6-17)40-19-9-10-23(35)20(12-19)26(37)32-24/h5-10,12,14,16,21,24,35H,11,13H2,1-4H3,(H,29,38)(H,30,39)(H,31,36)(H,32,37)/t16-,21-,24-/m0/s1. The van der Waals surface area contributed by atoms with E-state index in [0.717, 1.165) is 5.56 Å². The fraction of sp³-hybridized carbons (Fsp3) is 0.357. The second-order valence-electron chi connectivity index (χ2n) is 10.1. The van der Waals surface area contributed by atoms with Crippen LogP contribution in [0.2, 0.25) is 0 Å². The zero-order valence-electron chi connectivity index (χ0n) is 23.1. The second kappa shape index (κ2) is 12.5. The van der Waals surface area contributed by atoms with Crippen molar-refractivity contribution >= 4 is 23.6 Å². The predicted molar refractivity (Wildman–Crippen MR) is 145 cm³/mol. The van der Waals surface area contributed by atoms with Crippen molar-refractivity contribution in [2.24, 2.45) is 5.92 Å². The van der Waals surface area contributed by atoms with E-state index in [0.29, 0.717) is 22.9 Å². The lowest BCUT2D eigenvalue weighted by molar-refractivity contribution is -0.132. The number of amides is 4. The number of hydrogen-bond donors (Lipinski definition) is 5. The van der Waals surface area contributed by atoms with Crippen LogP contribution in [0.1, 0.15) is 48.1 Å². The number of nitrogens with one attached hydrogen (secondary N) is 4. The van der Waals surface area contributed by atoms with Crippen molar-refractivity contribution in [1.29, 1.82) is 0 Å². The highest BCUT2D eigenvalue weighted by molar-refractivity contribution is 6.00. The zero-order valence-corrected chi connectivity index (χ0v) is 23.1. The Morgan fingerprint density at radius 1 is 1.02 bits per heavy atom. The van der Waals surface area contributed by atoms with Gasteiger partial charge in [-0.2, -0.15) is 0 Å². The van der Waals surface area contributed by atoms with Gasteiger partial charge in [-0.25, -0.2) is 4.63 Å². The summed E-state index contributed by atoms with van der Waals surface area (Å²) in [6, 6.07) is 8.00. The third-order valence-electron chi connectivity index (χ3n) is 6.61. The maximum atomic E-state index is 13.2. The number of nitrogens with zero attached hydrogens (tertiary/aromatic N) is 2. The maximum Gasteiger partial charge on any atom is 0.255 e. The van der Waals surface area contributed by atoms with E-state index in [-0.39, 0.29) is 30.2 Å². The Kier molecular flexibility index (Phi) is 8.85. The fourth-order valence-electron chi connectivity index (χ4n) is 4.16. The Balaban J connectivity index is 1.64. The lowest BCUT2D eigenvalue weighted by Crippen LogP contribution is -2.57. The average molecular weight is 565 g/mol. The molecule has 0 unspecified atom stereocenters. The van der Waals surface area contributed by atoms with Crippen LogP contribution in [0, 0.1) is 12.8 Å². The Morgan fingerprint density at radius 3 is 2.39 bits per heavy atom. The van der Waals surface area contributed by atoms with Crippen LogP contribution in [0.3, 0.4) is 0 Å². The zero-order chi connectivity index (χ0) is 29.7. The smallest absolute Gasteiger partial charge is 0.255 e. The van der Waals surface area contributed by atoms with E-state index in [1.54, 1.807) is 45.0 Å². The van der Waals surface area contributed by atoms with Gasteiger partial charge < -0.3 is 31.1 Å². The van der Waals surface area contributed by atoms with Crippen molar-refractivity contribution in [2.75, 3.05) is 0 Å². The molecular formula is C28H32N6O7. The van der Waals surface area contributed by atoms with Crippen LogP contribution in [0.15, 0.2) is 47.1 Å². The summed E-state index contributed by atoms with van der Waals surface area (Å²) in [7, 11) is 0. The lowest BCUT2D eigenvalue weighted by atomic mass is 10.0. The first kappa shape index (κ1) is 29.1. The Morgan fingerprint density at radius 2 is 1.73 bits per heavy atom. The SMILES string of the molecule is Cc1nonc1CNC(=O)[C@@H]1Cc2ccc(cc2)Oc2ccc(O)c(c2)C(=O)N[C@@H](C(C)C)C(=O)N[C@@H](C)C(=O)N1. The molecule has 0 saturated heterocycles. The average Bonchev–Trinajstić information content (AvgIpc) is 3.35. The first-order valence-corrected chi connectivity index (χ1v) is 13.1. The molecule has 2 aromatic carbocycles. The number of benzene rings is 2. The van der Waals surface area contributed by atoms with E-state index in [1.165, 1.54) is 25.1 Å². The number of rotatable bonds is 4. The number of hydrogen-bond acceptors (Lipinski definition) is 9. The summed E-state index contributed by atoms with van der Waals surface area (Å²) in [5, 5.41) is 28.5. The number of phenols is 1. The third kappa shape index (κ3) is 7.18. The van der Waals surface area contributed by atoms with E-state index in [4.69, 9.17) is 4.74 Å². The van der Waals surface area contributed by atoms with E-state index in [1.807, 2.05) is 0 Å². The Bertz CT molecular complexity index is 1440. The number of aromatic nitrogens is 2. The van der Waals surface area contributed by atoms with Gasteiger partial charge in [0.25, 0.3) is 5.91 Å². The minimum atomic E-state index is -1.04. The fourth-order valence-corrected chi connectivity index (χ4v) is 4.16. The van der Waals surface area contributed by atoms with Gasteiger partial charge in [-0.15, -0.1) is 0 Å². The van der Waals surface area contributed by atoms with Crippen molar-refractivity contribution in [3.63, 3.8) is 0 Å². The highest BCUT2D eigenvalue weighted by atomic mass is 16.6. The molecule has 216 valence electrons. The van der Waals surface area contributed by atoms with Crippen molar-refractivity contribution in [3.8, 4) is 17.2 Å². The highest BCUT2D eigenvalue weighted by Crippen LogP contribution is 2.28. The molecule has 3 heterocycles. The highest BCUT2D eigenvalue weighted by Gasteiger charge is 2.30. The Hall–Kier alpha value is -4.94.